The van der Waals surface area contributed by atoms with E-state index in [9.17, 15) is 9.59 Å². The molecule has 2 aromatic rings. The third-order valence-electron chi connectivity index (χ3n) is 4.76. The summed E-state index contributed by atoms with van der Waals surface area (Å²) in [7, 11) is 1.84. The standard InChI is InChI=1S/C21H24N2O3/c1-23(18-11-13-22-14-12-18)20(24)15-26-19-9-7-17(8-10-19)21(25)16-5-3-2-4-6-16/h2-10,18,22H,11-15H2,1H3. The van der Waals surface area contributed by atoms with Crippen molar-refractivity contribution in [2.75, 3.05) is 26.7 Å². The summed E-state index contributed by atoms with van der Waals surface area (Å²) >= 11 is 0. The maximum Gasteiger partial charge on any atom is 0.260 e. The van der Waals surface area contributed by atoms with Gasteiger partial charge in [0.05, 0.1) is 0 Å². The van der Waals surface area contributed by atoms with E-state index in [1.807, 2.05) is 25.2 Å². The van der Waals surface area contributed by atoms with E-state index in [0.717, 1.165) is 25.9 Å². The first kappa shape index (κ1) is 18.1. The van der Waals surface area contributed by atoms with Crippen molar-refractivity contribution in [3.63, 3.8) is 0 Å². The van der Waals surface area contributed by atoms with Gasteiger partial charge in [0, 0.05) is 24.2 Å². The summed E-state index contributed by atoms with van der Waals surface area (Å²) in [5.41, 5.74) is 1.25. The van der Waals surface area contributed by atoms with Crippen LogP contribution in [0.15, 0.2) is 54.6 Å². The van der Waals surface area contributed by atoms with Gasteiger partial charge in [0.1, 0.15) is 5.75 Å². The molecule has 1 N–H and O–H groups in total. The van der Waals surface area contributed by atoms with E-state index in [2.05, 4.69) is 5.32 Å². The zero-order chi connectivity index (χ0) is 18.4. The minimum Gasteiger partial charge on any atom is -0.484 e. The minimum atomic E-state index is -0.0288. The summed E-state index contributed by atoms with van der Waals surface area (Å²) in [6.45, 7) is 1.90. The Hall–Kier alpha value is -2.66. The van der Waals surface area contributed by atoms with Crippen molar-refractivity contribution in [1.82, 2.24) is 10.2 Å². The van der Waals surface area contributed by atoms with Gasteiger partial charge in [-0.05, 0) is 50.2 Å². The van der Waals surface area contributed by atoms with Crippen LogP contribution in [0, 0.1) is 0 Å². The fourth-order valence-electron chi connectivity index (χ4n) is 3.10. The van der Waals surface area contributed by atoms with E-state index in [1.165, 1.54) is 0 Å². The fraction of sp³-hybridized carbons (Fsp3) is 0.333. The lowest BCUT2D eigenvalue weighted by molar-refractivity contribution is -0.134. The summed E-state index contributed by atoms with van der Waals surface area (Å²) in [6.07, 6.45) is 1.94. The van der Waals surface area contributed by atoms with Gasteiger partial charge >= 0.3 is 0 Å². The van der Waals surface area contributed by atoms with Crippen LogP contribution in [0.4, 0.5) is 0 Å². The van der Waals surface area contributed by atoms with Gasteiger partial charge in [0.2, 0.25) is 0 Å². The summed E-state index contributed by atoms with van der Waals surface area (Å²) in [4.78, 5) is 26.5. The first-order chi connectivity index (χ1) is 12.6. The van der Waals surface area contributed by atoms with Gasteiger partial charge in [-0.1, -0.05) is 30.3 Å². The minimum absolute atomic E-state index is 0.00636. The number of piperidine rings is 1. The molecule has 0 atom stereocenters. The Bertz CT molecular complexity index is 738. The second-order valence-electron chi connectivity index (χ2n) is 6.49. The van der Waals surface area contributed by atoms with Crippen LogP contribution in [0.5, 0.6) is 5.75 Å². The molecular formula is C21H24N2O3. The smallest absolute Gasteiger partial charge is 0.260 e. The number of nitrogens with zero attached hydrogens (tertiary/aromatic N) is 1. The maximum atomic E-state index is 12.4. The first-order valence-corrected chi connectivity index (χ1v) is 8.94. The van der Waals surface area contributed by atoms with Crippen LogP contribution in [0.2, 0.25) is 0 Å². The molecule has 136 valence electrons. The van der Waals surface area contributed by atoms with Crippen LogP contribution < -0.4 is 10.1 Å². The largest absolute Gasteiger partial charge is 0.484 e. The summed E-state index contributed by atoms with van der Waals surface area (Å²) in [6, 6.07) is 16.3. The van der Waals surface area contributed by atoms with E-state index in [4.69, 9.17) is 4.74 Å². The second-order valence-corrected chi connectivity index (χ2v) is 6.49. The van der Waals surface area contributed by atoms with Crippen LogP contribution in [0.1, 0.15) is 28.8 Å². The highest BCUT2D eigenvalue weighted by Crippen LogP contribution is 2.16. The molecule has 1 aliphatic heterocycles. The Balaban J connectivity index is 1.54. The average molecular weight is 352 g/mol. The lowest BCUT2D eigenvalue weighted by Crippen LogP contribution is -2.45. The van der Waals surface area contributed by atoms with E-state index in [0.29, 0.717) is 16.9 Å². The Labute approximate surface area is 154 Å². The maximum absolute atomic E-state index is 12.4. The predicted molar refractivity (Wildman–Crippen MR) is 100 cm³/mol. The second kappa shape index (κ2) is 8.63. The van der Waals surface area contributed by atoms with Crippen LogP contribution in [-0.4, -0.2) is 49.4 Å². The lowest BCUT2D eigenvalue weighted by atomic mass is 10.0. The topological polar surface area (TPSA) is 58.6 Å². The Morgan fingerprint density at radius 1 is 1.00 bits per heavy atom. The molecule has 5 nitrogen and oxygen atoms in total. The SMILES string of the molecule is CN(C(=O)COc1ccc(C(=O)c2ccccc2)cc1)C1CCNCC1. The highest BCUT2D eigenvalue weighted by molar-refractivity contribution is 6.08. The van der Waals surface area contributed by atoms with Crippen molar-refractivity contribution in [3.05, 3.63) is 65.7 Å². The van der Waals surface area contributed by atoms with Crippen molar-refractivity contribution < 1.29 is 14.3 Å². The van der Waals surface area contributed by atoms with Gasteiger partial charge in [0.15, 0.2) is 12.4 Å². The zero-order valence-corrected chi connectivity index (χ0v) is 15.0. The molecule has 0 bridgehead atoms. The van der Waals surface area contributed by atoms with Crippen molar-refractivity contribution in [2.45, 2.75) is 18.9 Å². The van der Waals surface area contributed by atoms with Crippen LogP contribution in [-0.2, 0) is 4.79 Å². The van der Waals surface area contributed by atoms with E-state index >= 15 is 0 Å². The third-order valence-corrected chi connectivity index (χ3v) is 4.76. The van der Waals surface area contributed by atoms with Crippen molar-refractivity contribution in [2.24, 2.45) is 0 Å². The van der Waals surface area contributed by atoms with Gasteiger partial charge in [0.25, 0.3) is 5.91 Å². The number of hydrogen-bond donors (Lipinski definition) is 1. The molecule has 0 radical (unpaired) electrons. The average Bonchev–Trinajstić information content (AvgIpc) is 2.72. The molecule has 1 amide bonds. The Morgan fingerprint density at radius 3 is 2.27 bits per heavy atom. The normalized spacial score (nSPS) is 14.7. The molecule has 0 aromatic heterocycles. The summed E-state index contributed by atoms with van der Waals surface area (Å²) in [5.74, 6) is 0.530. The molecule has 0 aliphatic carbocycles. The van der Waals surface area contributed by atoms with Crippen molar-refractivity contribution in [1.29, 1.82) is 0 Å². The fourth-order valence-corrected chi connectivity index (χ4v) is 3.10. The highest BCUT2D eigenvalue weighted by Gasteiger charge is 2.22. The van der Waals surface area contributed by atoms with E-state index in [-0.39, 0.29) is 24.3 Å². The number of nitrogens with one attached hydrogen (secondary N) is 1. The Kier molecular flexibility index (Phi) is 6.02. The Morgan fingerprint density at radius 2 is 1.62 bits per heavy atom. The molecule has 5 heteroatoms. The number of ether oxygens (including phenoxy) is 1. The van der Waals surface area contributed by atoms with Gasteiger partial charge in [-0.3, -0.25) is 9.59 Å². The molecule has 1 fully saturated rings. The molecule has 2 aromatic carbocycles. The van der Waals surface area contributed by atoms with Crippen molar-refractivity contribution >= 4 is 11.7 Å². The van der Waals surface area contributed by atoms with Crippen LogP contribution in [0.25, 0.3) is 0 Å². The third kappa shape index (κ3) is 4.49. The van der Waals surface area contributed by atoms with Gasteiger partial charge in [-0.25, -0.2) is 0 Å². The number of likely N-dealkylation sites (N-methyl/N-ethyl adjacent to an activating group) is 1. The highest BCUT2D eigenvalue weighted by atomic mass is 16.5. The predicted octanol–water partition coefficient (Wildman–Crippen LogP) is 2.51. The van der Waals surface area contributed by atoms with Gasteiger partial charge in [-0.2, -0.15) is 0 Å². The molecule has 0 spiro atoms. The van der Waals surface area contributed by atoms with E-state index < -0.39 is 0 Å². The van der Waals surface area contributed by atoms with Gasteiger partial charge < -0.3 is 15.0 Å². The monoisotopic (exact) mass is 352 g/mol. The lowest BCUT2D eigenvalue weighted by Gasteiger charge is -2.31. The quantitative estimate of drug-likeness (QED) is 0.812. The number of hydrogen-bond acceptors (Lipinski definition) is 4. The number of amides is 1. The molecule has 1 heterocycles. The molecule has 1 aliphatic rings. The zero-order valence-electron chi connectivity index (χ0n) is 15.0. The van der Waals surface area contributed by atoms with Gasteiger partial charge in [-0.15, -0.1) is 0 Å². The van der Waals surface area contributed by atoms with E-state index in [1.54, 1.807) is 41.3 Å². The molecular weight excluding hydrogens is 328 g/mol. The summed E-state index contributed by atoms with van der Waals surface area (Å²) in [5, 5.41) is 3.30. The van der Waals surface area contributed by atoms with Crippen LogP contribution >= 0.6 is 0 Å². The number of carbonyl (C=O) groups is 2. The molecule has 3 rings (SSSR count). The molecule has 0 saturated carbocycles. The number of rotatable bonds is 6. The molecule has 26 heavy (non-hydrogen) atoms. The van der Waals surface area contributed by atoms with Crippen LogP contribution in [0.3, 0.4) is 0 Å². The van der Waals surface area contributed by atoms with Crippen molar-refractivity contribution in [3.8, 4) is 5.75 Å². The molecule has 1 saturated heterocycles. The first-order valence-electron chi connectivity index (χ1n) is 8.94. The molecule has 0 unspecified atom stereocenters. The number of carbonyl (C=O) groups excluding carboxylic acids is 2. The number of benzene rings is 2. The summed E-state index contributed by atoms with van der Waals surface area (Å²) < 4.78 is 5.60. The number of ketones is 1.